The number of nitrogens with one attached hydrogen (secondary N) is 1. The largest absolute Gasteiger partial charge is 0.497 e. The average molecular weight is 594 g/mol. The fourth-order valence-electron chi connectivity index (χ4n) is 4.16. The topological polar surface area (TPSA) is 122 Å². The predicted octanol–water partition coefficient (Wildman–Crippen LogP) is 3.98. The molecule has 3 aromatic rings. The van der Waals surface area contributed by atoms with Crippen LogP contribution in [0.1, 0.15) is 12.8 Å². The molecule has 3 aromatic carbocycles. The normalized spacial score (nSPS) is 14.1. The first-order valence-electron chi connectivity index (χ1n) is 12.0. The third-order valence-electron chi connectivity index (χ3n) is 6.18. The summed E-state index contributed by atoms with van der Waals surface area (Å²) in [5.74, 6) is -0.0334. The quantitative estimate of drug-likeness (QED) is 0.377. The van der Waals surface area contributed by atoms with Crippen molar-refractivity contribution in [2.24, 2.45) is 0 Å². The highest BCUT2D eigenvalue weighted by Crippen LogP contribution is 2.31. The van der Waals surface area contributed by atoms with Crippen molar-refractivity contribution in [2.75, 3.05) is 43.5 Å². The number of carbonyl (C=O) groups excluding carboxylic acids is 1. The maximum absolute atomic E-state index is 13.6. The molecule has 4 rings (SSSR count). The van der Waals surface area contributed by atoms with Crippen molar-refractivity contribution >= 4 is 48.9 Å². The Kier molecular flexibility index (Phi) is 8.70. The van der Waals surface area contributed by atoms with Gasteiger partial charge in [0.05, 0.1) is 35.4 Å². The van der Waals surface area contributed by atoms with E-state index in [1.165, 1.54) is 73.1 Å². The first-order chi connectivity index (χ1) is 18.6. The zero-order chi connectivity index (χ0) is 28.2. The third-order valence-corrected chi connectivity index (χ3v) is 10.1. The first-order valence-corrected chi connectivity index (χ1v) is 15.2. The summed E-state index contributed by atoms with van der Waals surface area (Å²) in [6, 6.07) is 16.0. The number of sulfonamides is 2. The molecule has 0 aromatic heterocycles. The van der Waals surface area contributed by atoms with Gasteiger partial charge in [0.1, 0.15) is 18.0 Å². The number of hydrogen-bond donors (Lipinski definition) is 1. The number of halogens is 1. The molecule has 208 valence electrons. The second kappa shape index (κ2) is 11.8. The fraction of sp³-hybridized carbons (Fsp3) is 0.269. The average Bonchev–Trinajstić information content (AvgIpc) is 3.48. The highest BCUT2D eigenvalue weighted by atomic mass is 35.5. The van der Waals surface area contributed by atoms with E-state index in [-0.39, 0.29) is 31.9 Å². The number of rotatable bonds is 10. The van der Waals surface area contributed by atoms with Crippen molar-refractivity contribution in [3.63, 3.8) is 0 Å². The maximum atomic E-state index is 13.6. The number of benzene rings is 3. The molecular weight excluding hydrogens is 566 g/mol. The zero-order valence-electron chi connectivity index (χ0n) is 21.3. The number of ether oxygens (including phenoxy) is 2. The van der Waals surface area contributed by atoms with Gasteiger partial charge in [-0.1, -0.05) is 17.7 Å². The smallest absolute Gasteiger partial charge is 0.264 e. The number of hydrogen-bond acceptors (Lipinski definition) is 7. The van der Waals surface area contributed by atoms with Gasteiger partial charge in [-0.25, -0.2) is 16.8 Å². The van der Waals surface area contributed by atoms with Crippen LogP contribution < -0.4 is 19.1 Å². The summed E-state index contributed by atoms with van der Waals surface area (Å²) in [5.41, 5.74) is 0.265. The van der Waals surface area contributed by atoms with Crippen LogP contribution in [0.3, 0.4) is 0 Å². The van der Waals surface area contributed by atoms with E-state index in [0.29, 0.717) is 18.8 Å². The highest BCUT2D eigenvalue weighted by molar-refractivity contribution is 7.92. The van der Waals surface area contributed by atoms with Crippen molar-refractivity contribution in [1.29, 1.82) is 0 Å². The van der Waals surface area contributed by atoms with Gasteiger partial charge in [0.15, 0.2) is 0 Å². The fourth-order valence-corrected chi connectivity index (χ4v) is 7.31. The van der Waals surface area contributed by atoms with Crippen molar-refractivity contribution in [3.05, 3.63) is 71.8 Å². The van der Waals surface area contributed by atoms with Crippen LogP contribution in [-0.2, 0) is 24.8 Å². The van der Waals surface area contributed by atoms with E-state index >= 15 is 0 Å². The van der Waals surface area contributed by atoms with Crippen LogP contribution in [0.4, 0.5) is 11.4 Å². The molecule has 1 saturated heterocycles. The van der Waals surface area contributed by atoms with E-state index < -0.39 is 32.5 Å². The lowest BCUT2D eigenvalue weighted by Gasteiger charge is -2.24. The highest BCUT2D eigenvalue weighted by Gasteiger charge is 2.30. The minimum Gasteiger partial charge on any atom is -0.497 e. The minimum atomic E-state index is -4.22. The second-order valence-corrected chi connectivity index (χ2v) is 12.9. The summed E-state index contributed by atoms with van der Waals surface area (Å²) in [6.07, 6.45) is 1.56. The molecule has 1 aliphatic heterocycles. The Morgan fingerprint density at radius 1 is 0.923 bits per heavy atom. The summed E-state index contributed by atoms with van der Waals surface area (Å²) < 4.78 is 66.2. The van der Waals surface area contributed by atoms with Crippen molar-refractivity contribution in [3.8, 4) is 11.5 Å². The lowest BCUT2D eigenvalue weighted by atomic mass is 10.3. The lowest BCUT2D eigenvalue weighted by molar-refractivity contribution is -0.114. The molecule has 0 spiro atoms. The number of anilines is 2. The molecule has 1 N–H and O–H groups in total. The molecule has 10 nitrogen and oxygen atoms in total. The summed E-state index contributed by atoms with van der Waals surface area (Å²) in [6.45, 7) is 0.225. The van der Waals surface area contributed by atoms with Crippen LogP contribution >= 0.6 is 11.6 Å². The molecule has 13 heteroatoms. The molecule has 0 unspecified atom stereocenters. The van der Waals surface area contributed by atoms with Gasteiger partial charge in [-0.2, -0.15) is 4.31 Å². The van der Waals surface area contributed by atoms with Gasteiger partial charge in [-0.05, 0) is 73.5 Å². The van der Waals surface area contributed by atoms with Crippen LogP contribution in [0.5, 0.6) is 11.5 Å². The first kappa shape index (κ1) is 28.7. The molecule has 1 heterocycles. The van der Waals surface area contributed by atoms with Crippen molar-refractivity contribution in [1.82, 2.24) is 4.31 Å². The van der Waals surface area contributed by atoms with Crippen LogP contribution in [-0.4, -0.2) is 60.9 Å². The van der Waals surface area contributed by atoms with Gasteiger partial charge in [-0.15, -0.1) is 0 Å². The molecule has 0 bridgehead atoms. The Morgan fingerprint density at radius 2 is 1.59 bits per heavy atom. The third kappa shape index (κ3) is 6.30. The summed E-state index contributed by atoms with van der Waals surface area (Å²) in [7, 11) is -5.13. The number of nitrogens with zero attached hydrogens (tertiary/aromatic N) is 2. The SMILES string of the molecule is COc1ccc(S(=O)(=O)N(CC(=O)Nc2cc(S(=O)(=O)N3CCCC3)ccc2OC)c2cccc(Cl)c2)cc1. The summed E-state index contributed by atoms with van der Waals surface area (Å²) in [5, 5.41) is 2.90. The second-order valence-electron chi connectivity index (χ2n) is 8.69. The Morgan fingerprint density at radius 3 is 2.21 bits per heavy atom. The van der Waals surface area contributed by atoms with Crippen LogP contribution in [0, 0.1) is 0 Å². The van der Waals surface area contributed by atoms with Crippen LogP contribution in [0.25, 0.3) is 0 Å². The molecule has 39 heavy (non-hydrogen) atoms. The summed E-state index contributed by atoms with van der Waals surface area (Å²) >= 11 is 6.13. The Hall–Kier alpha value is -3.32. The van der Waals surface area contributed by atoms with Gasteiger partial charge in [0.2, 0.25) is 15.9 Å². The molecular formula is C26H28ClN3O7S2. The van der Waals surface area contributed by atoms with Crippen LogP contribution in [0.2, 0.25) is 5.02 Å². The predicted molar refractivity (Wildman–Crippen MR) is 149 cm³/mol. The van der Waals surface area contributed by atoms with E-state index in [1.807, 2.05) is 0 Å². The van der Waals surface area contributed by atoms with E-state index in [2.05, 4.69) is 5.32 Å². The van der Waals surface area contributed by atoms with Gasteiger partial charge < -0.3 is 14.8 Å². The lowest BCUT2D eigenvalue weighted by Crippen LogP contribution is -2.38. The van der Waals surface area contributed by atoms with Crippen LogP contribution in [0.15, 0.2) is 76.5 Å². The van der Waals surface area contributed by atoms with Gasteiger partial charge in [-0.3, -0.25) is 9.10 Å². The number of methoxy groups -OCH3 is 2. The molecule has 0 aliphatic carbocycles. The van der Waals surface area contributed by atoms with Gasteiger partial charge in [0, 0.05) is 18.1 Å². The van der Waals surface area contributed by atoms with E-state index in [4.69, 9.17) is 21.1 Å². The molecule has 1 aliphatic rings. The van der Waals surface area contributed by atoms with E-state index in [0.717, 1.165) is 17.1 Å². The standard InChI is InChI=1S/C26H28ClN3O7S2/c1-36-21-8-10-22(11-9-21)39(34,35)30(20-7-5-6-19(27)16-20)18-26(31)28-24-17-23(12-13-25(24)37-2)38(32,33)29-14-3-4-15-29/h5-13,16-17H,3-4,14-15,18H2,1-2H3,(H,28,31). The monoisotopic (exact) mass is 593 g/mol. The molecule has 0 saturated carbocycles. The zero-order valence-corrected chi connectivity index (χ0v) is 23.7. The number of amides is 1. The van der Waals surface area contributed by atoms with E-state index in [1.54, 1.807) is 12.1 Å². The minimum absolute atomic E-state index is 0.00180. The molecule has 0 atom stereocenters. The molecule has 1 amide bonds. The summed E-state index contributed by atoms with van der Waals surface area (Å²) in [4.78, 5) is 13.2. The number of carbonyl (C=O) groups is 1. The Bertz CT molecular complexity index is 1560. The Balaban J connectivity index is 1.66. The Labute approximate surface area is 233 Å². The van der Waals surface area contributed by atoms with Crippen molar-refractivity contribution < 1.29 is 31.1 Å². The van der Waals surface area contributed by atoms with E-state index in [9.17, 15) is 21.6 Å². The molecule has 0 radical (unpaired) electrons. The maximum Gasteiger partial charge on any atom is 0.264 e. The van der Waals surface area contributed by atoms with Gasteiger partial charge in [0.25, 0.3) is 10.0 Å². The van der Waals surface area contributed by atoms with Gasteiger partial charge >= 0.3 is 0 Å². The van der Waals surface area contributed by atoms with Crippen molar-refractivity contribution in [2.45, 2.75) is 22.6 Å². The molecule has 1 fully saturated rings.